The van der Waals surface area contributed by atoms with Gasteiger partial charge in [-0.2, -0.15) is 0 Å². The second-order valence-electron chi connectivity index (χ2n) is 7.67. The molecule has 32 heavy (non-hydrogen) atoms. The Balaban J connectivity index is 2.03. The van der Waals surface area contributed by atoms with Gasteiger partial charge in [0.1, 0.15) is 6.04 Å². The van der Waals surface area contributed by atoms with Crippen LogP contribution in [0.2, 0.25) is 0 Å². The lowest BCUT2D eigenvalue weighted by Gasteiger charge is -2.22. The highest BCUT2D eigenvalue weighted by atomic mass is 16.5. The number of ether oxygens (including phenoxy) is 2. The van der Waals surface area contributed by atoms with Crippen molar-refractivity contribution < 1.29 is 23.9 Å². The molecule has 172 valence electrons. The van der Waals surface area contributed by atoms with Crippen molar-refractivity contribution in [1.29, 1.82) is 0 Å². The van der Waals surface area contributed by atoms with Crippen LogP contribution in [0, 0.1) is 12.8 Å². The number of carbonyl (C=O) groups excluding carboxylic acids is 3. The topological polar surface area (TPSA) is 106 Å². The first-order chi connectivity index (χ1) is 15.3. The van der Waals surface area contributed by atoms with Gasteiger partial charge < -0.3 is 14.8 Å². The fraction of sp³-hybridized carbons (Fsp3) is 0.375. The first kappa shape index (κ1) is 24.7. The maximum absolute atomic E-state index is 12.7. The van der Waals surface area contributed by atoms with Crippen LogP contribution in [-0.2, 0) is 4.79 Å². The van der Waals surface area contributed by atoms with Gasteiger partial charge in [0.2, 0.25) is 0 Å². The zero-order valence-corrected chi connectivity index (χ0v) is 19.2. The van der Waals surface area contributed by atoms with Gasteiger partial charge in [0, 0.05) is 11.1 Å². The van der Waals surface area contributed by atoms with Gasteiger partial charge >= 0.3 is 0 Å². The van der Waals surface area contributed by atoms with E-state index in [1.807, 2.05) is 39.8 Å². The van der Waals surface area contributed by atoms with Crippen molar-refractivity contribution in [3.8, 4) is 11.5 Å². The number of amides is 3. The lowest BCUT2D eigenvalue weighted by atomic mass is 10.0. The van der Waals surface area contributed by atoms with E-state index in [9.17, 15) is 14.4 Å². The van der Waals surface area contributed by atoms with Crippen LogP contribution in [0.4, 0.5) is 0 Å². The molecular formula is C24H31N3O5. The SMILES string of the molecule is CCCOc1ccc(C(=O)NNC(=O)[C@@H](NC(=O)c2ccccc2C)C(C)C)cc1OC. The first-order valence-electron chi connectivity index (χ1n) is 10.6. The minimum absolute atomic E-state index is 0.199. The Labute approximate surface area is 188 Å². The number of benzene rings is 2. The Morgan fingerprint density at radius 3 is 2.31 bits per heavy atom. The van der Waals surface area contributed by atoms with Gasteiger partial charge in [-0.25, -0.2) is 0 Å². The smallest absolute Gasteiger partial charge is 0.269 e. The molecule has 0 heterocycles. The Morgan fingerprint density at radius 2 is 1.69 bits per heavy atom. The van der Waals surface area contributed by atoms with Crippen LogP contribution in [-0.4, -0.2) is 37.5 Å². The minimum Gasteiger partial charge on any atom is -0.493 e. The van der Waals surface area contributed by atoms with Crippen LogP contribution in [0.3, 0.4) is 0 Å². The average Bonchev–Trinajstić information content (AvgIpc) is 2.79. The summed E-state index contributed by atoms with van der Waals surface area (Å²) in [4.78, 5) is 37.8. The van der Waals surface area contributed by atoms with Crippen LogP contribution in [0.25, 0.3) is 0 Å². The molecular weight excluding hydrogens is 410 g/mol. The molecule has 3 N–H and O–H groups in total. The molecule has 3 amide bonds. The molecule has 0 aliphatic heterocycles. The molecule has 0 aromatic heterocycles. The molecule has 2 rings (SSSR count). The highest BCUT2D eigenvalue weighted by Gasteiger charge is 2.25. The zero-order valence-electron chi connectivity index (χ0n) is 19.2. The second-order valence-corrected chi connectivity index (χ2v) is 7.67. The third-order valence-electron chi connectivity index (χ3n) is 4.81. The van der Waals surface area contributed by atoms with E-state index >= 15 is 0 Å². The predicted octanol–water partition coefficient (Wildman–Crippen LogP) is 3.01. The van der Waals surface area contributed by atoms with Crippen LogP contribution >= 0.6 is 0 Å². The lowest BCUT2D eigenvalue weighted by molar-refractivity contribution is -0.124. The summed E-state index contributed by atoms with van der Waals surface area (Å²) in [6, 6.07) is 11.0. The first-order valence-corrected chi connectivity index (χ1v) is 10.6. The summed E-state index contributed by atoms with van der Waals surface area (Å²) in [5.74, 6) is -0.640. The molecule has 1 atom stereocenters. The summed E-state index contributed by atoms with van der Waals surface area (Å²) in [5.41, 5.74) is 6.37. The van der Waals surface area contributed by atoms with E-state index in [0.29, 0.717) is 23.7 Å². The summed E-state index contributed by atoms with van der Waals surface area (Å²) in [6.07, 6.45) is 0.842. The molecule has 0 spiro atoms. The molecule has 0 radical (unpaired) electrons. The Morgan fingerprint density at radius 1 is 0.969 bits per heavy atom. The maximum atomic E-state index is 12.7. The van der Waals surface area contributed by atoms with E-state index in [1.54, 1.807) is 24.3 Å². The van der Waals surface area contributed by atoms with Crippen molar-refractivity contribution in [3.63, 3.8) is 0 Å². The number of hydrogen-bond acceptors (Lipinski definition) is 5. The monoisotopic (exact) mass is 441 g/mol. The minimum atomic E-state index is -0.832. The lowest BCUT2D eigenvalue weighted by Crippen LogP contribution is -2.54. The average molecular weight is 442 g/mol. The van der Waals surface area contributed by atoms with E-state index in [1.165, 1.54) is 13.2 Å². The van der Waals surface area contributed by atoms with Crippen molar-refractivity contribution >= 4 is 17.7 Å². The van der Waals surface area contributed by atoms with E-state index in [4.69, 9.17) is 9.47 Å². The van der Waals surface area contributed by atoms with Crippen molar-refractivity contribution in [2.45, 2.75) is 40.2 Å². The van der Waals surface area contributed by atoms with Gasteiger partial charge in [0.05, 0.1) is 13.7 Å². The van der Waals surface area contributed by atoms with Crippen molar-refractivity contribution in [3.05, 3.63) is 59.2 Å². The second kappa shape index (κ2) is 11.7. The molecule has 0 fully saturated rings. The van der Waals surface area contributed by atoms with Gasteiger partial charge in [-0.3, -0.25) is 25.2 Å². The summed E-state index contributed by atoms with van der Waals surface area (Å²) in [7, 11) is 1.49. The van der Waals surface area contributed by atoms with Crippen molar-refractivity contribution in [2.24, 2.45) is 5.92 Å². The number of carbonyl (C=O) groups is 3. The fourth-order valence-electron chi connectivity index (χ4n) is 2.99. The molecule has 0 aliphatic rings. The van der Waals surface area contributed by atoms with Crippen LogP contribution in [0.5, 0.6) is 11.5 Å². The van der Waals surface area contributed by atoms with Crippen LogP contribution in [0.1, 0.15) is 53.5 Å². The maximum Gasteiger partial charge on any atom is 0.269 e. The van der Waals surface area contributed by atoms with Crippen molar-refractivity contribution in [1.82, 2.24) is 16.2 Å². The van der Waals surface area contributed by atoms with E-state index in [0.717, 1.165) is 12.0 Å². The normalized spacial score (nSPS) is 11.4. The third-order valence-corrected chi connectivity index (χ3v) is 4.81. The summed E-state index contributed by atoms with van der Waals surface area (Å²) >= 11 is 0. The molecule has 0 unspecified atom stereocenters. The number of methoxy groups -OCH3 is 1. The van der Waals surface area contributed by atoms with E-state index < -0.39 is 17.9 Å². The Hall–Kier alpha value is -3.55. The number of hydrazine groups is 1. The fourth-order valence-corrected chi connectivity index (χ4v) is 2.99. The van der Waals surface area contributed by atoms with E-state index in [-0.39, 0.29) is 17.4 Å². The molecule has 0 bridgehead atoms. The van der Waals surface area contributed by atoms with Gasteiger partial charge in [-0.1, -0.05) is 39.0 Å². The van der Waals surface area contributed by atoms with E-state index in [2.05, 4.69) is 16.2 Å². The van der Waals surface area contributed by atoms with Crippen LogP contribution in [0.15, 0.2) is 42.5 Å². The molecule has 2 aromatic rings. The highest BCUT2D eigenvalue weighted by molar-refractivity contribution is 6.00. The predicted molar refractivity (Wildman–Crippen MR) is 122 cm³/mol. The largest absolute Gasteiger partial charge is 0.493 e. The number of hydrogen-bond donors (Lipinski definition) is 3. The number of rotatable bonds is 9. The van der Waals surface area contributed by atoms with Gasteiger partial charge in [-0.15, -0.1) is 0 Å². The highest BCUT2D eigenvalue weighted by Crippen LogP contribution is 2.28. The van der Waals surface area contributed by atoms with Crippen molar-refractivity contribution in [2.75, 3.05) is 13.7 Å². The van der Waals surface area contributed by atoms with Gasteiger partial charge in [0.15, 0.2) is 11.5 Å². The number of aryl methyl sites for hydroxylation is 1. The quantitative estimate of drug-likeness (QED) is 0.519. The standard InChI is InChI=1S/C24H31N3O5/c1-6-13-32-19-12-11-17(14-20(19)31-5)22(28)26-27-24(30)21(15(2)3)25-23(29)18-10-8-7-9-16(18)4/h7-12,14-15,21H,6,13H2,1-5H3,(H,25,29)(H,26,28)(H,27,30)/t21-/m0/s1. The third kappa shape index (κ3) is 6.47. The Bertz CT molecular complexity index is 958. The van der Waals surface area contributed by atoms with Gasteiger partial charge in [0.25, 0.3) is 17.7 Å². The molecule has 8 nitrogen and oxygen atoms in total. The molecule has 8 heteroatoms. The summed E-state index contributed by atoms with van der Waals surface area (Å²) in [5, 5.41) is 2.74. The molecule has 0 saturated heterocycles. The zero-order chi connectivity index (χ0) is 23.7. The molecule has 2 aromatic carbocycles. The van der Waals surface area contributed by atoms with Crippen LogP contribution < -0.4 is 25.6 Å². The molecule has 0 saturated carbocycles. The summed E-state index contributed by atoms with van der Waals surface area (Å²) in [6.45, 7) is 7.97. The van der Waals surface area contributed by atoms with Gasteiger partial charge in [-0.05, 0) is 49.1 Å². The number of nitrogens with one attached hydrogen (secondary N) is 3. The molecule has 0 aliphatic carbocycles. The summed E-state index contributed by atoms with van der Waals surface area (Å²) < 4.78 is 10.9. The Kier molecular flexibility index (Phi) is 9.07.